The number of hydrogen-bond acceptors (Lipinski definition) is 3. The molecule has 0 aliphatic heterocycles. The van der Waals surface area contributed by atoms with Crippen LogP contribution in [0.4, 0.5) is 0 Å². The summed E-state index contributed by atoms with van der Waals surface area (Å²) in [5.41, 5.74) is 8.07. The Balaban J connectivity index is 2.09. The molecule has 0 saturated heterocycles. The maximum absolute atomic E-state index is 5.96. The summed E-state index contributed by atoms with van der Waals surface area (Å²) in [5, 5.41) is 1.13. The molecule has 2 aromatic rings. The van der Waals surface area contributed by atoms with Gasteiger partial charge in [0, 0.05) is 23.0 Å². The molecule has 84 valence electrons. The maximum atomic E-state index is 5.96. The molecule has 3 nitrogen and oxygen atoms in total. The van der Waals surface area contributed by atoms with E-state index in [1.165, 1.54) is 25.7 Å². The number of furan rings is 1. The molecule has 1 fully saturated rings. The lowest BCUT2D eigenvalue weighted by Crippen LogP contribution is -2.32. The first-order chi connectivity index (χ1) is 7.84. The van der Waals surface area contributed by atoms with Crippen LogP contribution < -0.4 is 5.73 Å². The molecule has 0 unspecified atom stereocenters. The van der Waals surface area contributed by atoms with Gasteiger partial charge in [0.1, 0.15) is 0 Å². The number of nitrogens with two attached hydrogens (primary N) is 1. The van der Waals surface area contributed by atoms with Crippen molar-refractivity contribution in [3.8, 4) is 0 Å². The lowest BCUT2D eigenvalue weighted by molar-refractivity contribution is 0.440. The second-order valence-electron chi connectivity index (χ2n) is 4.72. The summed E-state index contributed by atoms with van der Waals surface area (Å²) in [6, 6.07) is 4.12. The topological polar surface area (TPSA) is 52.0 Å². The third-order valence-corrected chi connectivity index (χ3v) is 3.83. The standard InChI is InChI=1S/C13H16N2O/c14-9-13(4-1-2-5-13)12-7-10-3-6-16-11(10)8-15-12/h3,6-8H,1-2,4-5,9,14H2. The van der Waals surface area contributed by atoms with Crippen LogP contribution in [0.2, 0.25) is 0 Å². The van der Waals surface area contributed by atoms with E-state index in [1.54, 1.807) is 6.26 Å². The molecule has 0 bridgehead atoms. The highest BCUT2D eigenvalue weighted by Gasteiger charge is 2.35. The van der Waals surface area contributed by atoms with E-state index in [2.05, 4.69) is 11.1 Å². The summed E-state index contributed by atoms with van der Waals surface area (Å²) in [7, 11) is 0. The monoisotopic (exact) mass is 216 g/mol. The third kappa shape index (κ3) is 1.35. The van der Waals surface area contributed by atoms with Crippen molar-refractivity contribution in [3.63, 3.8) is 0 Å². The second kappa shape index (κ2) is 3.59. The van der Waals surface area contributed by atoms with E-state index >= 15 is 0 Å². The first-order valence-electron chi connectivity index (χ1n) is 5.88. The quantitative estimate of drug-likeness (QED) is 0.839. The summed E-state index contributed by atoms with van der Waals surface area (Å²) in [6.45, 7) is 0.698. The minimum atomic E-state index is 0.117. The maximum Gasteiger partial charge on any atom is 0.152 e. The number of hydrogen-bond donors (Lipinski definition) is 1. The zero-order chi connectivity index (χ0) is 11.0. The van der Waals surface area contributed by atoms with Gasteiger partial charge in [0.25, 0.3) is 0 Å². The summed E-state index contributed by atoms with van der Waals surface area (Å²) in [6.07, 6.45) is 8.39. The lowest BCUT2D eigenvalue weighted by atomic mass is 9.82. The first-order valence-corrected chi connectivity index (χ1v) is 5.88. The van der Waals surface area contributed by atoms with Crippen LogP contribution in [0.3, 0.4) is 0 Å². The Kier molecular flexibility index (Phi) is 2.21. The Labute approximate surface area is 94.7 Å². The molecular formula is C13H16N2O. The molecule has 1 saturated carbocycles. The summed E-state index contributed by atoms with van der Waals surface area (Å²) in [5.74, 6) is 0. The fraction of sp³-hybridized carbons (Fsp3) is 0.462. The van der Waals surface area contributed by atoms with Gasteiger partial charge in [0.2, 0.25) is 0 Å². The van der Waals surface area contributed by atoms with Gasteiger partial charge in [-0.25, -0.2) is 0 Å². The van der Waals surface area contributed by atoms with Gasteiger partial charge in [-0.15, -0.1) is 0 Å². The zero-order valence-electron chi connectivity index (χ0n) is 9.28. The highest BCUT2D eigenvalue weighted by atomic mass is 16.3. The van der Waals surface area contributed by atoms with Gasteiger partial charge in [-0.2, -0.15) is 0 Å². The first kappa shape index (κ1) is 9.85. The van der Waals surface area contributed by atoms with Crippen molar-refractivity contribution < 1.29 is 4.42 Å². The summed E-state index contributed by atoms with van der Waals surface area (Å²) >= 11 is 0. The van der Waals surface area contributed by atoms with Gasteiger partial charge in [-0.1, -0.05) is 12.8 Å². The molecule has 0 spiro atoms. The lowest BCUT2D eigenvalue weighted by Gasteiger charge is -2.26. The number of fused-ring (bicyclic) bond motifs is 1. The fourth-order valence-corrected chi connectivity index (χ4v) is 2.77. The molecule has 2 N–H and O–H groups in total. The van der Waals surface area contributed by atoms with Gasteiger partial charge < -0.3 is 10.2 Å². The van der Waals surface area contributed by atoms with Gasteiger partial charge in [-0.3, -0.25) is 4.98 Å². The van der Waals surface area contributed by atoms with Crippen molar-refractivity contribution >= 4 is 11.0 Å². The number of nitrogens with zero attached hydrogens (tertiary/aromatic N) is 1. The molecule has 1 aliphatic rings. The summed E-state index contributed by atoms with van der Waals surface area (Å²) < 4.78 is 5.31. The van der Waals surface area contributed by atoms with Crippen LogP contribution in [0.1, 0.15) is 31.4 Å². The smallest absolute Gasteiger partial charge is 0.152 e. The molecule has 3 rings (SSSR count). The largest absolute Gasteiger partial charge is 0.463 e. The van der Waals surface area contributed by atoms with Crippen molar-refractivity contribution in [1.82, 2.24) is 4.98 Å². The van der Waals surface area contributed by atoms with Gasteiger partial charge >= 0.3 is 0 Å². The van der Waals surface area contributed by atoms with E-state index in [9.17, 15) is 0 Å². The molecule has 2 aromatic heterocycles. The van der Waals surface area contributed by atoms with Crippen molar-refractivity contribution in [3.05, 3.63) is 30.3 Å². The summed E-state index contributed by atoms with van der Waals surface area (Å²) in [4.78, 5) is 4.53. The zero-order valence-corrected chi connectivity index (χ0v) is 9.28. The highest BCUT2D eigenvalue weighted by molar-refractivity contribution is 5.76. The van der Waals surface area contributed by atoms with Crippen molar-refractivity contribution in [1.29, 1.82) is 0 Å². The molecule has 2 heterocycles. The second-order valence-corrected chi connectivity index (χ2v) is 4.72. The molecular weight excluding hydrogens is 200 g/mol. The van der Waals surface area contributed by atoms with E-state index < -0.39 is 0 Å². The van der Waals surface area contributed by atoms with E-state index in [4.69, 9.17) is 10.2 Å². The molecule has 1 aliphatic carbocycles. The Bertz CT molecular complexity index is 497. The molecule has 16 heavy (non-hydrogen) atoms. The van der Waals surface area contributed by atoms with Crippen molar-refractivity contribution in [2.24, 2.45) is 5.73 Å². The molecule has 0 atom stereocenters. The van der Waals surface area contributed by atoms with E-state index in [0.29, 0.717) is 6.54 Å². The molecule has 3 heteroatoms. The van der Waals surface area contributed by atoms with Crippen LogP contribution in [0.25, 0.3) is 11.0 Å². The highest BCUT2D eigenvalue weighted by Crippen LogP contribution is 2.39. The Morgan fingerprint density at radius 3 is 2.94 bits per heavy atom. The normalized spacial score (nSPS) is 19.3. The Morgan fingerprint density at radius 1 is 1.38 bits per heavy atom. The van der Waals surface area contributed by atoms with Crippen LogP contribution in [0, 0.1) is 0 Å². The van der Waals surface area contributed by atoms with Crippen LogP contribution in [0.5, 0.6) is 0 Å². The van der Waals surface area contributed by atoms with E-state index in [1.807, 2.05) is 12.3 Å². The predicted molar refractivity (Wildman–Crippen MR) is 63.2 cm³/mol. The van der Waals surface area contributed by atoms with E-state index in [0.717, 1.165) is 16.7 Å². The van der Waals surface area contributed by atoms with Crippen molar-refractivity contribution in [2.75, 3.05) is 6.54 Å². The van der Waals surface area contributed by atoms with Crippen LogP contribution in [0.15, 0.2) is 29.0 Å². The molecule has 0 radical (unpaired) electrons. The van der Waals surface area contributed by atoms with Gasteiger partial charge in [0.15, 0.2) is 5.58 Å². The average Bonchev–Trinajstić information content (AvgIpc) is 2.97. The van der Waals surface area contributed by atoms with Crippen molar-refractivity contribution in [2.45, 2.75) is 31.1 Å². The number of pyridine rings is 1. The Morgan fingerprint density at radius 2 is 2.19 bits per heavy atom. The van der Waals surface area contributed by atoms with Crippen LogP contribution >= 0.6 is 0 Å². The minimum absolute atomic E-state index is 0.117. The SMILES string of the molecule is NCC1(c2cc3ccoc3cn2)CCCC1. The molecule has 0 amide bonds. The van der Waals surface area contributed by atoms with Crippen LogP contribution in [-0.4, -0.2) is 11.5 Å². The fourth-order valence-electron chi connectivity index (χ4n) is 2.77. The van der Waals surface area contributed by atoms with E-state index in [-0.39, 0.29) is 5.41 Å². The third-order valence-electron chi connectivity index (χ3n) is 3.83. The average molecular weight is 216 g/mol. The van der Waals surface area contributed by atoms with Gasteiger partial charge in [-0.05, 0) is 25.0 Å². The number of rotatable bonds is 2. The number of aromatic nitrogens is 1. The van der Waals surface area contributed by atoms with Crippen LogP contribution in [-0.2, 0) is 5.41 Å². The minimum Gasteiger partial charge on any atom is -0.463 e. The predicted octanol–water partition coefficient (Wildman–Crippen LogP) is 2.60. The Hall–Kier alpha value is -1.35. The molecule has 0 aromatic carbocycles. The van der Waals surface area contributed by atoms with Gasteiger partial charge in [0.05, 0.1) is 12.5 Å².